The Labute approximate surface area is 139 Å². The van der Waals surface area contributed by atoms with Crippen LogP contribution in [0.5, 0.6) is 5.75 Å². The lowest BCUT2D eigenvalue weighted by molar-refractivity contribution is 0.101. The summed E-state index contributed by atoms with van der Waals surface area (Å²) < 4.78 is 12.5. The van der Waals surface area contributed by atoms with Crippen LogP contribution < -0.4 is 10.5 Å². The summed E-state index contributed by atoms with van der Waals surface area (Å²) in [7, 11) is 0. The van der Waals surface area contributed by atoms with Crippen molar-refractivity contribution in [3.8, 4) is 5.75 Å². The van der Waals surface area contributed by atoms with E-state index in [1.165, 1.54) is 12.5 Å². The number of benzene rings is 2. The number of oxazole rings is 1. The first-order valence-corrected chi connectivity index (χ1v) is 7.88. The number of carbonyl (C=O) groups is 1. The number of carbonyl (C=O) groups excluding carboxylic acids is 1. The van der Waals surface area contributed by atoms with Crippen LogP contribution in [-0.2, 0) is 6.54 Å². The predicted molar refractivity (Wildman–Crippen MR) is 91.8 cm³/mol. The zero-order chi connectivity index (χ0) is 17.1. The molecule has 0 fully saturated rings. The van der Waals surface area contributed by atoms with Gasteiger partial charge in [-0.3, -0.25) is 9.36 Å². The van der Waals surface area contributed by atoms with Crippen molar-refractivity contribution in [2.24, 2.45) is 0 Å². The van der Waals surface area contributed by atoms with E-state index in [1.54, 1.807) is 22.8 Å². The van der Waals surface area contributed by atoms with Gasteiger partial charge in [0.25, 0.3) is 0 Å². The second-order valence-electron chi connectivity index (χ2n) is 5.77. The molecule has 3 aromatic rings. The monoisotopic (exact) mass is 325 g/mol. The fourth-order valence-electron chi connectivity index (χ4n) is 2.54. The number of aromatic nitrogens is 1. The fraction of sp³-hybridized carbons (Fsp3) is 0.263. The van der Waals surface area contributed by atoms with Crippen molar-refractivity contribution in [3.05, 3.63) is 64.1 Å². The lowest BCUT2D eigenvalue weighted by Crippen LogP contribution is -2.15. The molecule has 1 aromatic heterocycles. The molecule has 5 nitrogen and oxygen atoms in total. The summed E-state index contributed by atoms with van der Waals surface area (Å²) in [5.74, 6) is 0.343. The van der Waals surface area contributed by atoms with Crippen molar-refractivity contribution in [1.82, 2.24) is 4.57 Å². The van der Waals surface area contributed by atoms with Crippen LogP contribution in [-0.4, -0.2) is 17.0 Å². The fourth-order valence-corrected chi connectivity index (χ4v) is 2.54. The first-order valence-electron chi connectivity index (χ1n) is 7.88. The van der Waals surface area contributed by atoms with E-state index < -0.39 is 5.76 Å². The molecule has 124 valence electrons. The Morgan fingerprint density at radius 2 is 1.92 bits per heavy atom. The summed E-state index contributed by atoms with van der Waals surface area (Å²) in [5, 5.41) is 0. The Morgan fingerprint density at radius 3 is 2.62 bits per heavy atom. The number of nitrogens with zero attached hydrogens (tertiary/aromatic N) is 1. The normalized spacial score (nSPS) is 10.9. The minimum atomic E-state index is -0.416. The van der Waals surface area contributed by atoms with Crippen molar-refractivity contribution >= 4 is 16.9 Å². The number of ether oxygens (including phenoxy) is 1. The minimum Gasteiger partial charge on any atom is -0.494 e. The van der Waals surface area contributed by atoms with Crippen LogP contribution in [0.25, 0.3) is 11.1 Å². The molecule has 2 aromatic carbocycles. The van der Waals surface area contributed by atoms with E-state index in [1.807, 2.05) is 31.2 Å². The van der Waals surface area contributed by atoms with Gasteiger partial charge in [-0.05, 0) is 50.6 Å². The molecule has 0 spiro atoms. The van der Waals surface area contributed by atoms with Crippen molar-refractivity contribution in [2.45, 2.75) is 26.8 Å². The number of fused-ring (bicyclic) bond motifs is 1. The standard InChI is InChI=1S/C19H19NO4/c1-13-4-7-16(8-5-13)23-11-3-10-20-17-9-6-15(14(2)21)12-18(17)24-19(20)22/h4-9,12H,3,10-11H2,1-2H3. The summed E-state index contributed by atoms with van der Waals surface area (Å²) in [6.07, 6.45) is 0.677. The van der Waals surface area contributed by atoms with E-state index in [0.717, 1.165) is 5.75 Å². The second-order valence-corrected chi connectivity index (χ2v) is 5.77. The summed E-state index contributed by atoms with van der Waals surface area (Å²) in [6.45, 7) is 4.52. The van der Waals surface area contributed by atoms with E-state index in [2.05, 4.69) is 0 Å². The van der Waals surface area contributed by atoms with E-state index in [4.69, 9.17) is 9.15 Å². The molecule has 0 bridgehead atoms. The van der Waals surface area contributed by atoms with Crippen LogP contribution in [0.1, 0.15) is 29.3 Å². The molecular weight excluding hydrogens is 306 g/mol. The van der Waals surface area contributed by atoms with E-state index in [9.17, 15) is 9.59 Å². The van der Waals surface area contributed by atoms with Gasteiger partial charge in [-0.25, -0.2) is 4.79 Å². The van der Waals surface area contributed by atoms with Crippen molar-refractivity contribution in [2.75, 3.05) is 6.61 Å². The summed E-state index contributed by atoms with van der Waals surface area (Å²) in [5.41, 5.74) is 2.85. The molecule has 3 rings (SSSR count). The molecule has 0 aliphatic heterocycles. The van der Waals surface area contributed by atoms with Gasteiger partial charge in [0.2, 0.25) is 0 Å². The second kappa shape index (κ2) is 6.74. The van der Waals surface area contributed by atoms with Crippen LogP contribution >= 0.6 is 0 Å². The average molecular weight is 325 g/mol. The number of ketones is 1. The smallest absolute Gasteiger partial charge is 0.419 e. The third-order valence-corrected chi connectivity index (χ3v) is 3.89. The molecule has 0 aliphatic rings. The number of rotatable bonds is 6. The van der Waals surface area contributed by atoms with Gasteiger partial charge in [0.1, 0.15) is 5.75 Å². The molecule has 0 atom stereocenters. The molecule has 0 aliphatic carbocycles. The Hall–Kier alpha value is -2.82. The predicted octanol–water partition coefficient (Wildman–Crippen LogP) is 3.57. The minimum absolute atomic E-state index is 0.0567. The maximum Gasteiger partial charge on any atom is 0.419 e. The first kappa shape index (κ1) is 16.1. The SMILES string of the molecule is CC(=O)c1ccc2c(c1)oc(=O)n2CCCOc1ccc(C)cc1. The highest BCUT2D eigenvalue weighted by Gasteiger charge is 2.11. The molecular formula is C19H19NO4. The summed E-state index contributed by atoms with van der Waals surface area (Å²) >= 11 is 0. The topological polar surface area (TPSA) is 61.4 Å². The van der Waals surface area contributed by atoms with Crippen LogP contribution in [0.3, 0.4) is 0 Å². The molecule has 0 unspecified atom stereocenters. The Morgan fingerprint density at radius 1 is 1.17 bits per heavy atom. The maximum absolute atomic E-state index is 12.0. The van der Waals surface area contributed by atoms with Gasteiger partial charge in [-0.1, -0.05) is 17.7 Å². The average Bonchev–Trinajstić information content (AvgIpc) is 2.88. The molecule has 0 N–H and O–H groups in total. The molecule has 5 heteroatoms. The summed E-state index contributed by atoms with van der Waals surface area (Å²) in [4.78, 5) is 23.4. The Kier molecular flexibility index (Phi) is 4.51. The molecule has 0 radical (unpaired) electrons. The highest BCUT2D eigenvalue weighted by molar-refractivity contribution is 5.96. The Balaban J connectivity index is 1.66. The van der Waals surface area contributed by atoms with E-state index >= 15 is 0 Å². The number of hydrogen-bond acceptors (Lipinski definition) is 4. The van der Waals surface area contributed by atoms with Crippen LogP contribution in [0.2, 0.25) is 0 Å². The largest absolute Gasteiger partial charge is 0.494 e. The zero-order valence-corrected chi connectivity index (χ0v) is 13.7. The van der Waals surface area contributed by atoms with Gasteiger partial charge < -0.3 is 9.15 Å². The lowest BCUT2D eigenvalue weighted by atomic mass is 10.1. The molecule has 0 saturated carbocycles. The number of aryl methyl sites for hydroxylation is 2. The highest BCUT2D eigenvalue weighted by atomic mass is 16.5. The molecule has 0 amide bonds. The molecule has 0 saturated heterocycles. The number of hydrogen-bond donors (Lipinski definition) is 0. The van der Waals surface area contributed by atoms with Gasteiger partial charge in [-0.2, -0.15) is 0 Å². The maximum atomic E-state index is 12.0. The molecule has 1 heterocycles. The van der Waals surface area contributed by atoms with Crippen molar-refractivity contribution in [1.29, 1.82) is 0 Å². The van der Waals surface area contributed by atoms with Gasteiger partial charge in [0.05, 0.1) is 12.1 Å². The lowest BCUT2D eigenvalue weighted by Gasteiger charge is -2.07. The zero-order valence-electron chi connectivity index (χ0n) is 13.7. The van der Waals surface area contributed by atoms with Crippen LogP contribution in [0.4, 0.5) is 0 Å². The Bertz CT molecular complexity index is 919. The van der Waals surface area contributed by atoms with Gasteiger partial charge in [-0.15, -0.1) is 0 Å². The third-order valence-electron chi connectivity index (χ3n) is 3.89. The van der Waals surface area contributed by atoms with Gasteiger partial charge in [0, 0.05) is 12.1 Å². The third kappa shape index (κ3) is 3.40. The first-order chi connectivity index (χ1) is 11.5. The quantitative estimate of drug-likeness (QED) is 0.513. The highest BCUT2D eigenvalue weighted by Crippen LogP contribution is 2.16. The van der Waals surface area contributed by atoms with E-state index in [0.29, 0.717) is 36.2 Å². The van der Waals surface area contributed by atoms with Gasteiger partial charge >= 0.3 is 5.76 Å². The van der Waals surface area contributed by atoms with Crippen molar-refractivity contribution in [3.63, 3.8) is 0 Å². The van der Waals surface area contributed by atoms with Crippen LogP contribution in [0, 0.1) is 6.92 Å². The van der Waals surface area contributed by atoms with E-state index in [-0.39, 0.29) is 5.78 Å². The molecule has 24 heavy (non-hydrogen) atoms. The summed E-state index contributed by atoms with van der Waals surface area (Å²) in [6, 6.07) is 12.9. The number of Topliss-reactive ketones (excluding diaryl/α,β-unsaturated/α-hetero) is 1. The van der Waals surface area contributed by atoms with Crippen molar-refractivity contribution < 1.29 is 13.9 Å². The van der Waals surface area contributed by atoms with Crippen LogP contribution in [0.15, 0.2) is 51.7 Å². The van der Waals surface area contributed by atoms with Gasteiger partial charge in [0.15, 0.2) is 11.4 Å².